The van der Waals surface area contributed by atoms with Gasteiger partial charge in [0.1, 0.15) is 0 Å². The van der Waals surface area contributed by atoms with Crippen LogP contribution in [0.25, 0.3) is 132 Å². The third-order valence-corrected chi connectivity index (χ3v) is 14.3. The maximum Gasteiger partial charge on any atom is 0.0547 e. The van der Waals surface area contributed by atoms with Crippen molar-refractivity contribution < 1.29 is 0 Å². The van der Waals surface area contributed by atoms with Crippen LogP contribution in [-0.2, 0) is 0 Å². The topological polar surface area (TPSA) is 9.86 Å². The fraction of sp³-hybridized carbons (Fsp3) is 0. The van der Waals surface area contributed by atoms with Crippen LogP contribution in [0.4, 0.5) is 0 Å². The summed E-state index contributed by atoms with van der Waals surface area (Å²) >= 11 is 0. The fourth-order valence-electron chi connectivity index (χ4n) is 11.1. The third-order valence-electron chi connectivity index (χ3n) is 14.3. The summed E-state index contributed by atoms with van der Waals surface area (Å²) in [6, 6.07) is 93.7. The van der Waals surface area contributed by atoms with Crippen molar-refractivity contribution >= 4 is 75.9 Å². The molecule has 0 saturated carbocycles. The molecule has 0 aliphatic carbocycles. The van der Waals surface area contributed by atoms with Crippen LogP contribution in [0.2, 0.25) is 0 Å². The standard InChI is InChI=1S/C66H42N2/c1-3-15-49(16-4-1)67-63-25-13-11-23-55(63)57-37-35-47(39-65(57)67)43-27-31-45(32-28-43)59-41-61-54-22-10-8-20-52(54)60(42-62(61)53-21-9-7-19-51(53)59)46-33-29-44(30-34-46)48-36-38-58-56-24-12-14-26-64(56)68(66(58)40-48)50-17-5-2-6-18-50/h1-42H. The molecule has 0 aliphatic rings. The van der Waals surface area contributed by atoms with Gasteiger partial charge in [-0.25, -0.2) is 0 Å². The number of para-hydroxylation sites is 4. The number of hydrogen-bond acceptors (Lipinski definition) is 0. The Morgan fingerprint density at radius 1 is 0.176 bits per heavy atom. The van der Waals surface area contributed by atoms with Gasteiger partial charge in [-0.2, -0.15) is 0 Å². The van der Waals surface area contributed by atoms with Crippen molar-refractivity contribution in [3.8, 4) is 55.9 Å². The fourth-order valence-corrected chi connectivity index (χ4v) is 11.1. The van der Waals surface area contributed by atoms with Gasteiger partial charge in [-0.05, 0) is 137 Å². The molecule has 68 heavy (non-hydrogen) atoms. The summed E-state index contributed by atoms with van der Waals surface area (Å²) in [6.45, 7) is 0. The average Bonchev–Trinajstić information content (AvgIpc) is 3.93. The van der Waals surface area contributed by atoms with Crippen LogP contribution in [-0.4, -0.2) is 9.13 Å². The minimum atomic E-state index is 1.17. The molecule has 2 heteroatoms. The second kappa shape index (κ2) is 15.3. The van der Waals surface area contributed by atoms with Crippen molar-refractivity contribution in [2.75, 3.05) is 0 Å². The lowest BCUT2D eigenvalue weighted by atomic mass is 9.87. The van der Waals surface area contributed by atoms with Crippen molar-refractivity contribution in [3.63, 3.8) is 0 Å². The van der Waals surface area contributed by atoms with E-state index < -0.39 is 0 Å². The lowest BCUT2D eigenvalue weighted by molar-refractivity contribution is 1.18. The number of benzene rings is 12. The average molecular weight is 863 g/mol. The van der Waals surface area contributed by atoms with Crippen LogP contribution < -0.4 is 0 Å². The second-order valence-electron chi connectivity index (χ2n) is 18.0. The minimum Gasteiger partial charge on any atom is -0.309 e. The number of aromatic nitrogens is 2. The van der Waals surface area contributed by atoms with Gasteiger partial charge in [0.2, 0.25) is 0 Å². The van der Waals surface area contributed by atoms with Crippen LogP contribution in [0, 0.1) is 0 Å². The Balaban J connectivity index is 0.852. The SMILES string of the molecule is c1ccc(-n2c3ccccc3c3ccc(-c4ccc(-c5cc6c7ccccc7c(-c7ccc(-c8ccc9c%10ccccc%10n(-c%10ccccc%10)c9c8)cc7)cc6c6ccccc56)cc4)cc32)cc1. The number of fused-ring (bicyclic) bond motifs is 11. The smallest absolute Gasteiger partial charge is 0.0547 e. The molecule has 12 aromatic carbocycles. The van der Waals surface area contributed by atoms with Crippen molar-refractivity contribution in [1.82, 2.24) is 9.13 Å². The zero-order chi connectivity index (χ0) is 44.7. The van der Waals surface area contributed by atoms with Crippen molar-refractivity contribution in [3.05, 3.63) is 255 Å². The van der Waals surface area contributed by atoms with Crippen LogP contribution in [0.1, 0.15) is 0 Å². The van der Waals surface area contributed by atoms with Gasteiger partial charge in [0.25, 0.3) is 0 Å². The van der Waals surface area contributed by atoms with Crippen LogP contribution >= 0.6 is 0 Å². The molecule has 0 bridgehead atoms. The number of rotatable bonds is 6. The van der Waals surface area contributed by atoms with E-state index in [9.17, 15) is 0 Å². The first-order valence-corrected chi connectivity index (χ1v) is 23.5. The summed E-state index contributed by atoms with van der Waals surface area (Å²) in [6.07, 6.45) is 0. The van der Waals surface area contributed by atoms with Crippen LogP contribution in [0.5, 0.6) is 0 Å². The summed E-state index contributed by atoms with van der Waals surface area (Å²) in [4.78, 5) is 0. The highest BCUT2D eigenvalue weighted by molar-refractivity contribution is 6.24. The molecule has 2 nitrogen and oxygen atoms in total. The Kier molecular flexibility index (Phi) is 8.62. The van der Waals surface area contributed by atoms with Crippen LogP contribution in [0.3, 0.4) is 0 Å². The molecular formula is C66H42N2. The first kappa shape index (κ1) is 38.3. The summed E-state index contributed by atoms with van der Waals surface area (Å²) in [5.41, 5.74) is 16.9. The first-order chi connectivity index (χ1) is 33.7. The second-order valence-corrected chi connectivity index (χ2v) is 18.0. The van der Waals surface area contributed by atoms with E-state index in [0.29, 0.717) is 0 Å². The molecule has 316 valence electrons. The van der Waals surface area contributed by atoms with Gasteiger partial charge in [-0.1, -0.05) is 194 Å². The maximum absolute atomic E-state index is 2.43. The molecule has 2 heterocycles. The summed E-state index contributed by atoms with van der Waals surface area (Å²) in [5.74, 6) is 0. The Bertz CT molecular complexity index is 3990. The summed E-state index contributed by atoms with van der Waals surface area (Å²) in [5, 5.41) is 12.6. The van der Waals surface area contributed by atoms with Gasteiger partial charge < -0.3 is 9.13 Å². The summed E-state index contributed by atoms with van der Waals surface area (Å²) in [7, 11) is 0. The lowest BCUT2D eigenvalue weighted by Gasteiger charge is -2.16. The molecule has 0 amide bonds. The minimum absolute atomic E-state index is 1.17. The van der Waals surface area contributed by atoms with E-state index >= 15 is 0 Å². The maximum atomic E-state index is 2.43. The zero-order valence-electron chi connectivity index (χ0n) is 37.1. The van der Waals surface area contributed by atoms with E-state index in [-0.39, 0.29) is 0 Å². The molecule has 0 unspecified atom stereocenters. The van der Waals surface area contributed by atoms with E-state index in [1.807, 2.05) is 0 Å². The Hall–Kier alpha value is -8.98. The molecule has 0 radical (unpaired) electrons. The monoisotopic (exact) mass is 862 g/mol. The van der Waals surface area contributed by atoms with E-state index in [1.165, 1.54) is 132 Å². The molecule has 0 saturated heterocycles. The number of hydrogen-bond donors (Lipinski definition) is 0. The van der Waals surface area contributed by atoms with Gasteiger partial charge in [-0.3, -0.25) is 0 Å². The molecule has 2 aromatic heterocycles. The molecule has 0 fully saturated rings. The van der Waals surface area contributed by atoms with Gasteiger partial charge >= 0.3 is 0 Å². The van der Waals surface area contributed by atoms with Crippen LogP contribution in [0.15, 0.2) is 255 Å². The summed E-state index contributed by atoms with van der Waals surface area (Å²) < 4.78 is 4.78. The quantitative estimate of drug-likeness (QED) is 0.147. The van der Waals surface area contributed by atoms with E-state index in [0.717, 1.165) is 0 Å². The van der Waals surface area contributed by atoms with Gasteiger partial charge in [-0.15, -0.1) is 0 Å². The van der Waals surface area contributed by atoms with Crippen molar-refractivity contribution in [2.24, 2.45) is 0 Å². The van der Waals surface area contributed by atoms with E-state index in [2.05, 4.69) is 264 Å². The molecule has 14 aromatic rings. The van der Waals surface area contributed by atoms with E-state index in [4.69, 9.17) is 0 Å². The van der Waals surface area contributed by atoms with Gasteiger partial charge in [0, 0.05) is 32.9 Å². The highest BCUT2D eigenvalue weighted by Gasteiger charge is 2.18. The lowest BCUT2D eigenvalue weighted by Crippen LogP contribution is -1.93. The highest BCUT2D eigenvalue weighted by Crippen LogP contribution is 2.43. The zero-order valence-corrected chi connectivity index (χ0v) is 37.1. The largest absolute Gasteiger partial charge is 0.309 e. The van der Waals surface area contributed by atoms with Crippen molar-refractivity contribution in [1.29, 1.82) is 0 Å². The molecule has 0 spiro atoms. The predicted molar refractivity (Wildman–Crippen MR) is 289 cm³/mol. The molecule has 0 N–H and O–H groups in total. The van der Waals surface area contributed by atoms with Gasteiger partial charge in [0.05, 0.1) is 22.1 Å². The first-order valence-electron chi connectivity index (χ1n) is 23.5. The third kappa shape index (κ3) is 5.98. The normalized spacial score (nSPS) is 11.8. The Morgan fingerprint density at radius 3 is 0.897 bits per heavy atom. The van der Waals surface area contributed by atoms with Crippen molar-refractivity contribution in [2.45, 2.75) is 0 Å². The predicted octanol–water partition coefficient (Wildman–Crippen LogP) is 18.0. The number of nitrogens with zero attached hydrogens (tertiary/aromatic N) is 2. The Morgan fingerprint density at radius 2 is 0.485 bits per heavy atom. The molecule has 0 atom stereocenters. The van der Waals surface area contributed by atoms with Gasteiger partial charge in [0.15, 0.2) is 0 Å². The van der Waals surface area contributed by atoms with E-state index in [1.54, 1.807) is 0 Å². The molecule has 14 rings (SSSR count). The Labute approximate surface area is 393 Å². The molecule has 0 aliphatic heterocycles. The molecular weight excluding hydrogens is 821 g/mol. The highest BCUT2D eigenvalue weighted by atomic mass is 15.0.